The number of benzene rings is 1. The van der Waals surface area contributed by atoms with E-state index in [9.17, 15) is 9.90 Å². The number of thiophene rings is 1. The molecule has 1 aromatic heterocycles. The van der Waals surface area contributed by atoms with Crippen molar-refractivity contribution >= 4 is 29.0 Å². The molecule has 3 nitrogen and oxygen atoms in total. The second kappa shape index (κ2) is 6.31. The molecule has 0 aliphatic rings. The van der Waals surface area contributed by atoms with Crippen LogP contribution in [-0.4, -0.2) is 11.0 Å². The minimum absolute atomic E-state index is 0.0930. The highest BCUT2D eigenvalue weighted by molar-refractivity contribution is 7.12. The van der Waals surface area contributed by atoms with Gasteiger partial charge >= 0.3 is 0 Å². The van der Waals surface area contributed by atoms with E-state index in [2.05, 4.69) is 5.32 Å². The summed E-state index contributed by atoms with van der Waals surface area (Å²) in [5.74, 6) is -0.202. The molecule has 98 valence electrons. The number of aliphatic hydroxyl groups excluding tert-OH is 1. The standard InChI is InChI=1S/C15H15NO2S/c1-11-6-7-13(19-11)8-9-15(18)16-14-5-3-2-4-12(14)10-17/h2-9,17H,10H2,1H3,(H,16,18)/b9-8+. The number of carbonyl (C=O) groups is 1. The first-order valence-electron chi connectivity index (χ1n) is 5.93. The summed E-state index contributed by atoms with van der Waals surface area (Å²) in [4.78, 5) is 14.0. The Labute approximate surface area is 116 Å². The van der Waals surface area contributed by atoms with E-state index in [0.717, 1.165) is 4.88 Å². The van der Waals surface area contributed by atoms with Crippen molar-refractivity contribution in [2.45, 2.75) is 13.5 Å². The molecule has 4 heteroatoms. The van der Waals surface area contributed by atoms with Crippen LogP contribution in [0.2, 0.25) is 0 Å². The highest BCUT2D eigenvalue weighted by Crippen LogP contribution is 2.17. The summed E-state index contributed by atoms with van der Waals surface area (Å²) in [5.41, 5.74) is 1.35. The molecule has 0 saturated carbocycles. The molecule has 1 aromatic carbocycles. The summed E-state index contributed by atoms with van der Waals surface area (Å²) in [7, 11) is 0. The van der Waals surface area contributed by atoms with Crippen molar-refractivity contribution in [2.75, 3.05) is 5.32 Å². The third-order valence-corrected chi connectivity index (χ3v) is 3.57. The topological polar surface area (TPSA) is 49.3 Å². The lowest BCUT2D eigenvalue weighted by Crippen LogP contribution is -2.09. The second-order valence-electron chi connectivity index (χ2n) is 4.09. The van der Waals surface area contributed by atoms with Crippen LogP contribution in [-0.2, 0) is 11.4 Å². The predicted molar refractivity (Wildman–Crippen MR) is 79.1 cm³/mol. The van der Waals surface area contributed by atoms with Gasteiger partial charge in [-0.2, -0.15) is 0 Å². The molecule has 0 radical (unpaired) electrons. The van der Waals surface area contributed by atoms with Crippen molar-refractivity contribution in [3.63, 3.8) is 0 Å². The molecule has 0 spiro atoms. The third-order valence-electron chi connectivity index (χ3n) is 2.61. The molecular formula is C15H15NO2S. The Bertz CT molecular complexity index is 602. The van der Waals surface area contributed by atoms with E-state index in [-0.39, 0.29) is 12.5 Å². The van der Waals surface area contributed by atoms with Crippen molar-refractivity contribution in [1.82, 2.24) is 0 Å². The van der Waals surface area contributed by atoms with Crippen LogP contribution in [0.4, 0.5) is 5.69 Å². The number of nitrogens with one attached hydrogen (secondary N) is 1. The van der Waals surface area contributed by atoms with E-state index in [1.165, 1.54) is 11.0 Å². The van der Waals surface area contributed by atoms with E-state index in [0.29, 0.717) is 11.3 Å². The van der Waals surface area contributed by atoms with E-state index in [1.54, 1.807) is 29.5 Å². The van der Waals surface area contributed by atoms with Gasteiger partial charge in [-0.15, -0.1) is 11.3 Å². The zero-order chi connectivity index (χ0) is 13.7. The number of para-hydroxylation sites is 1. The van der Waals surface area contributed by atoms with Crippen LogP contribution >= 0.6 is 11.3 Å². The molecule has 1 amide bonds. The lowest BCUT2D eigenvalue weighted by Gasteiger charge is -2.06. The van der Waals surface area contributed by atoms with Gasteiger partial charge in [0.1, 0.15) is 0 Å². The predicted octanol–water partition coefficient (Wildman–Crippen LogP) is 3.20. The molecule has 2 N–H and O–H groups in total. The zero-order valence-corrected chi connectivity index (χ0v) is 11.4. The van der Waals surface area contributed by atoms with Crippen LogP contribution in [0, 0.1) is 6.92 Å². The van der Waals surface area contributed by atoms with Crippen LogP contribution < -0.4 is 5.32 Å². The maximum absolute atomic E-state index is 11.8. The Kier molecular flexibility index (Phi) is 4.49. The SMILES string of the molecule is Cc1ccc(/C=C/C(=O)Nc2ccccc2CO)s1. The van der Waals surface area contributed by atoms with Crippen LogP contribution in [0.15, 0.2) is 42.5 Å². The van der Waals surface area contributed by atoms with Crippen LogP contribution in [0.5, 0.6) is 0 Å². The highest BCUT2D eigenvalue weighted by atomic mass is 32.1. The Morgan fingerprint density at radius 3 is 2.79 bits per heavy atom. The molecule has 0 fully saturated rings. The number of amides is 1. The van der Waals surface area contributed by atoms with Crippen molar-refractivity contribution < 1.29 is 9.90 Å². The molecule has 0 unspecified atom stereocenters. The number of carbonyl (C=O) groups excluding carboxylic acids is 1. The van der Waals surface area contributed by atoms with Gasteiger partial charge in [0.05, 0.1) is 6.61 Å². The van der Waals surface area contributed by atoms with Gasteiger partial charge in [0.2, 0.25) is 5.91 Å². The monoisotopic (exact) mass is 273 g/mol. The molecular weight excluding hydrogens is 258 g/mol. The fraction of sp³-hybridized carbons (Fsp3) is 0.133. The summed E-state index contributed by atoms with van der Waals surface area (Å²) in [6, 6.07) is 11.2. The average Bonchev–Trinajstić information content (AvgIpc) is 2.83. The van der Waals surface area contributed by atoms with Crippen molar-refractivity contribution in [2.24, 2.45) is 0 Å². The van der Waals surface area contributed by atoms with Crippen LogP contribution in [0.1, 0.15) is 15.3 Å². The Hall–Kier alpha value is -1.91. The molecule has 2 aromatic rings. The summed E-state index contributed by atoms with van der Waals surface area (Å²) in [5, 5.41) is 11.9. The van der Waals surface area contributed by atoms with E-state index >= 15 is 0 Å². The maximum Gasteiger partial charge on any atom is 0.248 e. The van der Waals surface area contributed by atoms with Gasteiger partial charge in [0.15, 0.2) is 0 Å². The van der Waals surface area contributed by atoms with Crippen LogP contribution in [0.3, 0.4) is 0 Å². The molecule has 0 aliphatic heterocycles. The molecule has 1 heterocycles. The molecule has 0 saturated heterocycles. The maximum atomic E-state index is 11.8. The quantitative estimate of drug-likeness (QED) is 0.840. The smallest absolute Gasteiger partial charge is 0.248 e. The van der Waals surface area contributed by atoms with Crippen molar-refractivity contribution in [3.8, 4) is 0 Å². The zero-order valence-electron chi connectivity index (χ0n) is 10.6. The van der Waals surface area contributed by atoms with Gasteiger partial charge in [0, 0.05) is 27.1 Å². The molecule has 2 rings (SSSR count). The molecule has 19 heavy (non-hydrogen) atoms. The Morgan fingerprint density at radius 1 is 1.32 bits per heavy atom. The number of anilines is 1. The largest absolute Gasteiger partial charge is 0.392 e. The Morgan fingerprint density at radius 2 is 2.11 bits per heavy atom. The van der Waals surface area contributed by atoms with E-state index in [1.807, 2.05) is 31.2 Å². The van der Waals surface area contributed by atoms with Gasteiger partial charge in [-0.05, 0) is 31.2 Å². The molecule has 0 bridgehead atoms. The van der Waals surface area contributed by atoms with Crippen molar-refractivity contribution in [1.29, 1.82) is 0 Å². The number of aliphatic hydroxyl groups is 1. The fourth-order valence-electron chi connectivity index (χ4n) is 1.66. The number of hydrogen-bond acceptors (Lipinski definition) is 3. The van der Waals surface area contributed by atoms with Crippen molar-refractivity contribution in [3.05, 3.63) is 57.8 Å². The van der Waals surface area contributed by atoms with Gasteiger partial charge < -0.3 is 10.4 Å². The summed E-state index contributed by atoms with van der Waals surface area (Å²) < 4.78 is 0. The number of hydrogen-bond donors (Lipinski definition) is 2. The summed E-state index contributed by atoms with van der Waals surface area (Å²) >= 11 is 1.64. The number of rotatable bonds is 4. The lowest BCUT2D eigenvalue weighted by molar-refractivity contribution is -0.111. The third kappa shape index (κ3) is 3.77. The lowest BCUT2D eigenvalue weighted by atomic mass is 10.2. The number of aryl methyl sites for hydroxylation is 1. The minimum Gasteiger partial charge on any atom is -0.392 e. The van der Waals surface area contributed by atoms with Gasteiger partial charge in [-0.25, -0.2) is 0 Å². The summed E-state index contributed by atoms with van der Waals surface area (Å²) in [6.45, 7) is 1.93. The Balaban J connectivity index is 2.03. The minimum atomic E-state index is -0.202. The second-order valence-corrected chi connectivity index (χ2v) is 5.41. The van der Waals surface area contributed by atoms with Gasteiger partial charge in [-0.3, -0.25) is 4.79 Å². The van der Waals surface area contributed by atoms with E-state index in [4.69, 9.17) is 0 Å². The first-order valence-corrected chi connectivity index (χ1v) is 6.75. The van der Waals surface area contributed by atoms with Gasteiger partial charge in [0.25, 0.3) is 0 Å². The first-order chi connectivity index (χ1) is 9.19. The van der Waals surface area contributed by atoms with Gasteiger partial charge in [-0.1, -0.05) is 18.2 Å². The normalized spacial score (nSPS) is 10.8. The summed E-state index contributed by atoms with van der Waals surface area (Å²) in [6.07, 6.45) is 3.29. The highest BCUT2D eigenvalue weighted by Gasteiger charge is 2.03. The molecule has 0 aliphatic carbocycles. The first kappa shape index (κ1) is 13.5. The molecule has 0 atom stereocenters. The van der Waals surface area contributed by atoms with E-state index < -0.39 is 0 Å². The van der Waals surface area contributed by atoms with Crippen LogP contribution in [0.25, 0.3) is 6.08 Å². The average molecular weight is 273 g/mol. The fourth-order valence-corrected chi connectivity index (χ4v) is 2.44.